The first-order valence-electron chi connectivity index (χ1n) is 9.56. The molecular weight excluding hydrogens is 453 g/mol. The molecule has 144 valence electrons. The van der Waals surface area contributed by atoms with Gasteiger partial charge in [0, 0.05) is 47.6 Å². The van der Waals surface area contributed by atoms with Crippen molar-refractivity contribution in [3.8, 4) is 5.69 Å². The monoisotopic (exact) mass is 479 g/mol. The van der Waals surface area contributed by atoms with Gasteiger partial charge in [0.25, 0.3) is 5.91 Å². The molecule has 2 amide bonds. The predicted octanol–water partition coefficient (Wildman–Crippen LogP) is 3.80. The summed E-state index contributed by atoms with van der Waals surface area (Å²) in [6.45, 7) is 6.79. The van der Waals surface area contributed by atoms with E-state index in [0.29, 0.717) is 18.8 Å². The summed E-state index contributed by atoms with van der Waals surface area (Å²) in [4.78, 5) is 29.4. The summed E-state index contributed by atoms with van der Waals surface area (Å²) in [6.07, 6.45) is 3.41. The van der Waals surface area contributed by atoms with Crippen LogP contribution in [0, 0.1) is 9.49 Å². The van der Waals surface area contributed by atoms with Gasteiger partial charge in [0.1, 0.15) is 5.69 Å². The lowest BCUT2D eigenvalue weighted by Crippen LogP contribution is -2.44. The van der Waals surface area contributed by atoms with Crippen LogP contribution in [0.2, 0.25) is 0 Å². The van der Waals surface area contributed by atoms with Gasteiger partial charge in [0.15, 0.2) is 0 Å². The minimum absolute atomic E-state index is 0.0348. The lowest BCUT2D eigenvalue weighted by molar-refractivity contribution is -0.136. The number of rotatable bonds is 5. The van der Waals surface area contributed by atoms with E-state index >= 15 is 0 Å². The zero-order valence-corrected chi connectivity index (χ0v) is 18.1. The van der Waals surface area contributed by atoms with Crippen molar-refractivity contribution < 1.29 is 9.59 Å². The Labute approximate surface area is 174 Å². The van der Waals surface area contributed by atoms with E-state index in [2.05, 4.69) is 28.7 Å². The molecule has 2 heterocycles. The molecule has 0 unspecified atom stereocenters. The molecule has 1 aromatic heterocycles. The fraction of sp³-hybridized carbons (Fsp3) is 0.429. The van der Waals surface area contributed by atoms with E-state index in [4.69, 9.17) is 0 Å². The number of hydrogen-bond acceptors (Lipinski definition) is 2. The van der Waals surface area contributed by atoms with E-state index < -0.39 is 0 Å². The SMILES string of the molecule is CCN(CC)C(=O)C1CCN(C(=O)c2cccn2-c2cccc(I)c2)CC1. The second kappa shape index (κ2) is 8.91. The number of halogens is 1. The zero-order valence-electron chi connectivity index (χ0n) is 15.9. The second-order valence-electron chi connectivity index (χ2n) is 6.82. The molecule has 3 rings (SSSR count). The summed E-state index contributed by atoms with van der Waals surface area (Å²) in [6, 6.07) is 11.9. The molecule has 0 aliphatic carbocycles. The van der Waals surface area contributed by atoms with Crippen LogP contribution < -0.4 is 0 Å². The van der Waals surface area contributed by atoms with Crippen molar-refractivity contribution in [2.75, 3.05) is 26.2 Å². The van der Waals surface area contributed by atoms with Gasteiger partial charge in [-0.1, -0.05) is 6.07 Å². The van der Waals surface area contributed by atoms with Crippen LogP contribution in [0.3, 0.4) is 0 Å². The minimum Gasteiger partial charge on any atom is -0.343 e. The van der Waals surface area contributed by atoms with Crippen LogP contribution in [0.5, 0.6) is 0 Å². The van der Waals surface area contributed by atoms with Gasteiger partial charge in [-0.15, -0.1) is 0 Å². The number of piperidine rings is 1. The van der Waals surface area contributed by atoms with Crippen LogP contribution in [0.4, 0.5) is 0 Å². The third-order valence-electron chi connectivity index (χ3n) is 5.26. The smallest absolute Gasteiger partial charge is 0.270 e. The summed E-state index contributed by atoms with van der Waals surface area (Å²) in [7, 11) is 0. The molecule has 6 heteroatoms. The van der Waals surface area contributed by atoms with E-state index in [9.17, 15) is 9.59 Å². The van der Waals surface area contributed by atoms with Gasteiger partial charge in [0.05, 0.1) is 0 Å². The molecule has 1 fully saturated rings. The van der Waals surface area contributed by atoms with E-state index in [1.165, 1.54) is 0 Å². The quantitative estimate of drug-likeness (QED) is 0.613. The van der Waals surface area contributed by atoms with Crippen molar-refractivity contribution in [2.24, 2.45) is 5.92 Å². The van der Waals surface area contributed by atoms with Crippen LogP contribution in [0.25, 0.3) is 5.69 Å². The van der Waals surface area contributed by atoms with Crippen molar-refractivity contribution in [3.05, 3.63) is 51.9 Å². The maximum atomic E-state index is 13.1. The normalized spacial score (nSPS) is 15.0. The number of aromatic nitrogens is 1. The molecular formula is C21H26IN3O2. The highest BCUT2D eigenvalue weighted by atomic mass is 127. The van der Waals surface area contributed by atoms with E-state index in [0.717, 1.165) is 35.2 Å². The van der Waals surface area contributed by atoms with Crippen molar-refractivity contribution >= 4 is 34.4 Å². The number of amides is 2. The number of carbonyl (C=O) groups is 2. The Balaban J connectivity index is 1.69. The molecule has 0 saturated carbocycles. The Kier molecular flexibility index (Phi) is 6.57. The standard InChI is InChI=1S/C21H26IN3O2/c1-3-23(4-2)20(26)16-10-13-24(14-11-16)21(27)19-9-6-12-25(19)18-8-5-7-17(22)15-18/h5-9,12,15-16H,3-4,10-11,13-14H2,1-2H3. The third kappa shape index (κ3) is 4.36. The number of benzene rings is 1. The number of likely N-dealkylation sites (tertiary alicyclic amines) is 1. The zero-order chi connectivity index (χ0) is 19.4. The fourth-order valence-corrected chi connectivity index (χ4v) is 4.22. The van der Waals surface area contributed by atoms with Crippen molar-refractivity contribution in [1.82, 2.24) is 14.4 Å². The van der Waals surface area contributed by atoms with Gasteiger partial charge < -0.3 is 14.4 Å². The first-order valence-corrected chi connectivity index (χ1v) is 10.6. The van der Waals surface area contributed by atoms with Gasteiger partial charge >= 0.3 is 0 Å². The Morgan fingerprint density at radius 1 is 1.11 bits per heavy atom. The lowest BCUT2D eigenvalue weighted by atomic mass is 9.95. The first kappa shape index (κ1) is 19.9. The Morgan fingerprint density at radius 2 is 1.81 bits per heavy atom. The summed E-state index contributed by atoms with van der Waals surface area (Å²) < 4.78 is 3.07. The van der Waals surface area contributed by atoms with Crippen LogP contribution >= 0.6 is 22.6 Å². The molecule has 1 aliphatic rings. The van der Waals surface area contributed by atoms with E-state index in [1.54, 1.807) is 0 Å². The van der Waals surface area contributed by atoms with Gasteiger partial charge in [-0.3, -0.25) is 9.59 Å². The highest BCUT2D eigenvalue weighted by Gasteiger charge is 2.30. The largest absolute Gasteiger partial charge is 0.343 e. The molecule has 1 aliphatic heterocycles. The second-order valence-corrected chi connectivity index (χ2v) is 8.07. The van der Waals surface area contributed by atoms with E-state index in [1.807, 2.05) is 64.7 Å². The predicted molar refractivity (Wildman–Crippen MR) is 115 cm³/mol. The molecule has 0 radical (unpaired) electrons. The Morgan fingerprint density at radius 3 is 2.44 bits per heavy atom. The van der Waals surface area contributed by atoms with Crippen LogP contribution in [0.1, 0.15) is 37.2 Å². The number of carbonyl (C=O) groups excluding carboxylic acids is 2. The molecule has 27 heavy (non-hydrogen) atoms. The highest BCUT2D eigenvalue weighted by molar-refractivity contribution is 14.1. The molecule has 2 aromatic rings. The first-order chi connectivity index (χ1) is 13.0. The molecule has 1 aromatic carbocycles. The lowest BCUT2D eigenvalue weighted by Gasteiger charge is -2.33. The molecule has 0 N–H and O–H groups in total. The summed E-state index contributed by atoms with van der Waals surface area (Å²) >= 11 is 2.28. The van der Waals surface area contributed by atoms with E-state index in [-0.39, 0.29) is 17.7 Å². The molecule has 0 atom stereocenters. The average molecular weight is 479 g/mol. The van der Waals surface area contributed by atoms with Crippen molar-refractivity contribution in [1.29, 1.82) is 0 Å². The molecule has 1 saturated heterocycles. The van der Waals surface area contributed by atoms with Crippen LogP contribution in [-0.4, -0.2) is 52.4 Å². The van der Waals surface area contributed by atoms with Gasteiger partial charge in [0.2, 0.25) is 5.91 Å². The topological polar surface area (TPSA) is 45.6 Å². The van der Waals surface area contributed by atoms with Gasteiger partial charge in [-0.2, -0.15) is 0 Å². The molecule has 0 spiro atoms. The van der Waals surface area contributed by atoms with Crippen molar-refractivity contribution in [3.63, 3.8) is 0 Å². The molecule has 0 bridgehead atoms. The maximum Gasteiger partial charge on any atom is 0.270 e. The van der Waals surface area contributed by atoms with Gasteiger partial charge in [-0.25, -0.2) is 0 Å². The van der Waals surface area contributed by atoms with Crippen molar-refractivity contribution in [2.45, 2.75) is 26.7 Å². The molecule has 5 nitrogen and oxygen atoms in total. The van der Waals surface area contributed by atoms with Gasteiger partial charge in [-0.05, 0) is 79.6 Å². The number of nitrogens with zero attached hydrogens (tertiary/aromatic N) is 3. The number of hydrogen-bond donors (Lipinski definition) is 0. The third-order valence-corrected chi connectivity index (χ3v) is 5.93. The van der Waals surface area contributed by atoms with Crippen LogP contribution in [-0.2, 0) is 4.79 Å². The summed E-state index contributed by atoms with van der Waals surface area (Å²) in [5.74, 6) is 0.304. The summed E-state index contributed by atoms with van der Waals surface area (Å²) in [5, 5.41) is 0. The fourth-order valence-electron chi connectivity index (χ4n) is 3.69. The highest BCUT2D eigenvalue weighted by Crippen LogP contribution is 2.23. The maximum absolute atomic E-state index is 13.1. The minimum atomic E-state index is 0.0348. The average Bonchev–Trinajstić information content (AvgIpc) is 3.18. The summed E-state index contributed by atoms with van der Waals surface area (Å²) in [5.41, 5.74) is 1.66. The Bertz CT molecular complexity index is 805. The Hall–Kier alpha value is -1.83. The van der Waals surface area contributed by atoms with Crippen LogP contribution in [0.15, 0.2) is 42.6 Å².